The zero-order chi connectivity index (χ0) is 58.8. The number of anilines is 8. The lowest BCUT2D eigenvalue weighted by atomic mass is 9.42. The van der Waals surface area contributed by atoms with E-state index in [1.165, 1.54) is 94.4 Å². The zero-order valence-corrected chi connectivity index (χ0v) is 51.2. The van der Waals surface area contributed by atoms with Gasteiger partial charge >= 0.3 is 6.85 Å². The van der Waals surface area contributed by atoms with Crippen molar-refractivity contribution < 1.29 is 4.42 Å². The van der Waals surface area contributed by atoms with Gasteiger partial charge in [-0.2, -0.15) is 0 Å². The number of hydrogen-bond acceptors (Lipinski definition) is 4. The predicted molar refractivity (Wildman–Crippen MR) is 364 cm³/mol. The highest BCUT2D eigenvalue weighted by Gasteiger charge is 2.54. The summed E-state index contributed by atoms with van der Waals surface area (Å²) in [5.74, 6) is 0. The van der Waals surface area contributed by atoms with Crippen LogP contribution >= 0.6 is 0 Å². The topological polar surface area (TPSA) is 22.9 Å². The number of para-hydroxylation sites is 2. The summed E-state index contributed by atoms with van der Waals surface area (Å²) in [4.78, 5) is 7.87. The van der Waals surface area contributed by atoms with Crippen LogP contribution in [-0.4, -0.2) is 6.85 Å². The Hall–Kier alpha value is -9.06. The third-order valence-electron chi connectivity index (χ3n) is 20.2. The second-order valence-electron chi connectivity index (χ2n) is 28.3. The summed E-state index contributed by atoms with van der Waals surface area (Å²) in [5, 5.41) is 4.62. The largest absolute Gasteiger partial charge is 0.454 e. The molecule has 1 aliphatic carbocycles. The summed E-state index contributed by atoms with van der Waals surface area (Å²) in [6, 6.07) is 88.3. The molecule has 420 valence electrons. The van der Waals surface area contributed by atoms with E-state index < -0.39 is 5.41 Å². The van der Waals surface area contributed by atoms with Gasteiger partial charge in [-0.1, -0.05) is 227 Å². The molecule has 5 heteroatoms. The fourth-order valence-corrected chi connectivity index (χ4v) is 15.6. The van der Waals surface area contributed by atoms with Crippen molar-refractivity contribution in [3.63, 3.8) is 0 Å². The minimum Gasteiger partial charge on any atom is -0.454 e. The van der Waals surface area contributed by atoms with E-state index in [0.717, 1.165) is 63.2 Å². The molecule has 0 bridgehead atoms. The Kier molecular flexibility index (Phi) is 11.3. The van der Waals surface area contributed by atoms with Crippen molar-refractivity contribution in [3.05, 3.63) is 275 Å². The molecule has 0 unspecified atom stereocenters. The van der Waals surface area contributed by atoms with Crippen LogP contribution in [0.5, 0.6) is 0 Å². The van der Waals surface area contributed by atoms with Crippen molar-refractivity contribution in [2.24, 2.45) is 0 Å². The summed E-state index contributed by atoms with van der Waals surface area (Å²) in [6.45, 7) is 23.3. The Balaban J connectivity index is 1.06. The Bertz CT molecular complexity index is 4630. The van der Waals surface area contributed by atoms with Crippen LogP contribution < -0.4 is 25.5 Å². The molecule has 11 aromatic carbocycles. The van der Waals surface area contributed by atoms with Crippen LogP contribution in [0.25, 0.3) is 43.8 Å². The summed E-state index contributed by atoms with van der Waals surface area (Å²) in [5.41, 5.74) is 25.5. The molecule has 0 saturated carbocycles. The van der Waals surface area contributed by atoms with Crippen LogP contribution in [0.2, 0.25) is 0 Å². The smallest absolute Gasteiger partial charge is 0.333 e. The molecule has 16 rings (SSSR count). The minimum atomic E-state index is -0.719. The van der Waals surface area contributed by atoms with E-state index in [4.69, 9.17) is 4.42 Å². The predicted octanol–water partition coefficient (Wildman–Crippen LogP) is 20.6. The molecule has 0 saturated heterocycles. The van der Waals surface area contributed by atoms with E-state index in [2.05, 4.69) is 314 Å². The Morgan fingerprint density at radius 3 is 1.66 bits per heavy atom. The molecule has 12 aromatic rings. The molecule has 4 heterocycles. The van der Waals surface area contributed by atoms with Gasteiger partial charge in [-0.3, -0.25) is 0 Å². The monoisotopic (exact) mass is 1110 g/mol. The molecule has 0 fully saturated rings. The first-order valence-corrected chi connectivity index (χ1v) is 31.1. The first-order valence-electron chi connectivity index (χ1n) is 31.1. The van der Waals surface area contributed by atoms with Crippen LogP contribution in [0.4, 0.5) is 45.5 Å². The lowest BCUT2D eigenvalue weighted by Crippen LogP contribution is -2.62. The Labute approximate surface area is 507 Å². The van der Waals surface area contributed by atoms with Crippen molar-refractivity contribution in [2.75, 3.05) is 14.6 Å². The third-order valence-corrected chi connectivity index (χ3v) is 20.2. The average molecular weight is 1110 g/mol. The van der Waals surface area contributed by atoms with E-state index in [9.17, 15) is 0 Å². The van der Waals surface area contributed by atoms with Gasteiger partial charge in [0.1, 0.15) is 5.58 Å². The Morgan fingerprint density at radius 1 is 0.442 bits per heavy atom. The number of hydrogen-bond donors (Lipinski definition) is 0. The van der Waals surface area contributed by atoms with Gasteiger partial charge in [0.15, 0.2) is 5.58 Å². The van der Waals surface area contributed by atoms with E-state index in [1.54, 1.807) is 0 Å². The van der Waals surface area contributed by atoms with Gasteiger partial charge in [0, 0.05) is 50.5 Å². The molecular weight excluding hydrogens is 1040 g/mol. The maximum atomic E-state index is 7.45. The standard InChI is InChI=1S/C81H72BN3O/c1-77(2,3)53-32-36-57(37-33-53)83(58-38-34-54(35-39-58)78(4,5)6)59-40-42-61-63-50-64-62-28-19-20-31-72(62)86-76(64)75-73(63)82(85(70(61)49-59)60-41-43-65-67(48-60)80(9,10)45-44-79(65,7)8)69-30-21-29-66-74(69)84(75)71-47-52-23-18-17-22-51(52)46-68(71)81(66,55-24-13-11-14-25-55)56-26-15-12-16-27-56/h11-43,46-50H,44-45H2,1-10H3. The molecule has 1 aromatic heterocycles. The quantitative estimate of drug-likeness (QED) is 0.155. The number of nitrogens with zero attached hydrogens (tertiary/aromatic N) is 3. The number of furan rings is 1. The first-order chi connectivity index (χ1) is 41.4. The molecule has 86 heavy (non-hydrogen) atoms. The lowest BCUT2D eigenvalue weighted by Gasteiger charge is -2.52. The number of fused-ring (bicyclic) bond motifs is 12. The lowest BCUT2D eigenvalue weighted by molar-refractivity contribution is 0.332. The number of benzene rings is 11. The maximum Gasteiger partial charge on any atom is 0.333 e. The van der Waals surface area contributed by atoms with Crippen LogP contribution in [0.15, 0.2) is 235 Å². The van der Waals surface area contributed by atoms with E-state index >= 15 is 0 Å². The summed E-state index contributed by atoms with van der Waals surface area (Å²) >= 11 is 0. The van der Waals surface area contributed by atoms with Crippen LogP contribution in [0.3, 0.4) is 0 Å². The van der Waals surface area contributed by atoms with E-state index in [-0.39, 0.29) is 28.5 Å². The van der Waals surface area contributed by atoms with Crippen LogP contribution in [0, 0.1) is 0 Å². The molecule has 3 aliphatic heterocycles. The van der Waals surface area contributed by atoms with Gasteiger partial charge in [0.25, 0.3) is 0 Å². The number of rotatable bonds is 6. The highest BCUT2D eigenvalue weighted by atomic mass is 16.3. The highest BCUT2D eigenvalue weighted by molar-refractivity contribution is 6.94. The summed E-state index contributed by atoms with van der Waals surface area (Å²) in [7, 11) is 0. The fourth-order valence-electron chi connectivity index (χ4n) is 15.6. The van der Waals surface area contributed by atoms with Crippen molar-refractivity contribution >= 4 is 96.0 Å². The molecule has 0 radical (unpaired) electrons. The third kappa shape index (κ3) is 7.62. The van der Waals surface area contributed by atoms with Crippen molar-refractivity contribution in [3.8, 4) is 11.1 Å². The van der Waals surface area contributed by atoms with Gasteiger partial charge in [0.05, 0.1) is 16.8 Å². The zero-order valence-electron chi connectivity index (χ0n) is 51.2. The van der Waals surface area contributed by atoms with Crippen molar-refractivity contribution in [2.45, 2.75) is 109 Å². The van der Waals surface area contributed by atoms with Gasteiger partial charge < -0.3 is 19.0 Å². The van der Waals surface area contributed by atoms with Gasteiger partial charge in [-0.05, 0) is 179 Å². The summed E-state index contributed by atoms with van der Waals surface area (Å²) < 4.78 is 7.45. The second kappa shape index (κ2) is 18.5. The molecule has 0 spiro atoms. The maximum absolute atomic E-state index is 7.45. The average Bonchev–Trinajstić information content (AvgIpc) is 0.877. The second-order valence-corrected chi connectivity index (χ2v) is 28.3. The van der Waals surface area contributed by atoms with E-state index in [1.807, 2.05) is 0 Å². The fraction of sp³-hybridized carbons (Fsp3) is 0.210. The molecule has 0 N–H and O–H groups in total. The Morgan fingerprint density at radius 2 is 1.02 bits per heavy atom. The minimum absolute atomic E-state index is 0.00456. The molecule has 0 amide bonds. The molecule has 4 aliphatic rings. The van der Waals surface area contributed by atoms with Crippen LogP contribution in [0.1, 0.15) is 127 Å². The van der Waals surface area contributed by atoms with Crippen molar-refractivity contribution in [1.82, 2.24) is 0 Å². The van der Waals surface area contributed by atoms with Gasteiger partial charge in [-0.15, -0.1) is 0 Å². The molecular formula is C81H72BN3O. The normalized spacial score (nSPS) is 15.9. The summed E-state index contributed by atoms with van der Waals surface area (Å²) in [6.07, 6.45) is 2.26. The van der Waals surface area contributed by atoms with E-state index in [0.29, 0.717) is 0 Å². The van der Waals surface area contributed by atoms with Gasteiger partial charge in [-0.25, -0.2) is 0 Å². The van der Waals surface area contributed by atoms with Crippen molar-refractivity contribution in [1.29, 1.82) is 0 Å². The van der Waals surface area contributed by atoms with Gasteiger partial charge in [0.2, 0.25) is 0 Å². The first kappa shape index (κ1) is 52.5. The molecule has 0 atom stereocenters. The van der Waals surface area contributed by atoms with Crippen LogP contribution in [-0.2, 0) is 27.1 Å². The molecule has 4 nitrogen and oxygen atoms in total. The SMILES string of the molecule is CC(C)(C)c1ccc(N(c2ccc(C(C)(C)C)cc2)c2ccc3c(c2)N(c2ccc4c(c2)C(C)(C)CCC4(C)C)B2c4cccc5c4N(c4cc6ccccc6cc4C5(c4ccccc4)c4ccccc4)c4c2c-3cc2c4oc3ccccc32)cc1. The highest BCUT2D eigenvalue weighted by Crippen LogP contribution is 2.62.